The van der Waals surface area contributed by atoms with Crippen LogP contribution in [0.15, 0.2) is 16.6 Å². The van der Waals surface area contributed by atoms with Crippen LogP contribution in [-0.2, 0) is 9.53 Å². The summed E-state index contributed by atoms with van der Waals surface area (Å²) >= 11 is 2.99. The molecule has 0 saturated carbocycles. The molecular formula is C12H12BrFN2O3. The number of nitriles is 1. The largest absolute Gasteiger partial charge is 0.480 e. The highest BCUT2D eigenvalue weighted by Crippen LogP contribution is 2.29. The lowest BCUT2D eigenvalue weighted by atomic mass is 10.2. The lowest BCUT2D eigenvalue weighted by Crippen LogP contribution is -2.33. The Balaban J connectivity index is 3.12. The minimum atomic E-state index is -1.07. The van der Waals surface area contributed by atoms with Crippen LogP contribution in [0.25, 0.3) is 0 Å². The van der Waals surface area contributed by atoms with Gasteiger partial charge in [0, 0.05) is 13.7 Å². The summed E-state index contributed by atoms with van der Waals surface area (Å²) < 4.78 is 19.0. The zero-order valence-electron chi connectivity index (χ0n) is 10.2. The predicted molar refractivity (Wildman–Crippen MR) is 70.5 cm³/mol. The molecule has 0 unspecified atom stereocenters. The van der Waals surface area contributed by atoms with E-state index in [1.54, 1.807) is 0 Å². The molecule has 7 heteroatoms. The van der Waals surface area contributed by atoms with Crippen LogP contribution < -0.4 is 4.90 Å². The third kappa shape index (κ3) is 3.91. The van der Waals surface area contributed by atoms with E-state index in [4.69, 9.17) is 15.1 Å². The number of anilines is 1. The molecule has 0 atom stereocenters. The summed E-state index contributed by atoms with van der Waals surface area (Å²) in [5, 5.41) is 17.6. The van der Waals surface area contributed by atoms with Crippen molar-refractivity contribution in [3.05, 3.63) is 28.0 Å². The number of aliphatic carboxylic acids is 1. The summed E-state index contributed by atoms with van der Waals surface area (Å²) in [6.07, 6.45) is 0. The number of hydrogen-bond donors (Lipinski definition) is 1. The van der Waals surface area contributed by atoms with Gasteiger partial charge in [0.15, 0.2) is 5.82 Å². The van der Waals surface area contributed by atoms with Crippen molar-refractivity contribution in [3.63, 3.8) is 0 Å². The molecule has 102 valence electrons. The second kappa shape index (κ2) is 7.07. The third-order valence-corrected chi connectivity index (χ3v) is 3.19. The van der Waals surface area contributed by atoms with E-state index < -0.39 is 11.8 Å². The van der Waals surface area contributed by atoms with Crippen LogP contribution in [0.4, 0.5) is 10.1 Å². The van der Waals surface area contributed by atoms with Crippen LogP contribution in [0.2, 0.25) is 0 Å². The van der Waals surface area contributed by atoms with Gasteiger partial charge in [0.1, 0.15) is 12.6 Å². The second-order valence-electron chi connectivity index (χ2n) is 3.68. The standard InChI is InChI=1S/C12H12BrFN2O3/c1-19-5-4-16(7-10(17)18)9-3-2-8(6-15)11(13)12(9)14/h2-3H,4-5,7H2,1H3,(H,17,18). The molecule has 1 aromatic rings. The maximum Gasteiger partial charge on any atom is 0.323 e. The molecule has 1 rings (SSSR count). The molecule has 0 fully saturated rings. The van der Waals surface area contributed by atoms with Crippen molar-refractivity contribution < 1.29 is 19.0 Å². The van der Waals surface area contributed by atoms with Crippen molar-refractivity contribution in [2.45, 2.75) is 0 Å². The van der Waals surface area contributed by atoms with Crippen molar-refractivity contribution in [1.29, 1.82) is 5.26 Å². The fourth-order valence-electron chi connectivity index (χ4n) is 1.52. The SMILES string of the molecule is COCCN(CC(=O)O)c1ccc(C#N)c(Br)c1F. The fourth-order valence-corrected chi connectivity index (χ4v) is 1.94. The summed E-state index contributed by atoms with van der Waals surface area (Å²) in [5.41, 5.74) is 0.272. The monoisotopic (exact) mass is 330 g/mol. The molecular weight excluding hydrogens is 319 g/mol. The summed E-state index contributed by atoms with van der Waals surface area (Å²) in [7, 11) is 1.48. The van der Waals surface area contributed by atoms with Gasteiger partial charge in [-0.05, 0) is 28.1 Å². The summed E-state index contributed by atoms with van der Waals surface area (Å²) in [5.74, 6) is -1.73. The van der Waals surface area contributed by atoms with Crippen molar-refractivity contribution in [1.82, 2.24) is 0 Å². The van der Waals surface area contributed by atoms with Crippen molar-refractivity contribution in [2.75, 3.05) is 31.7 Å². The highest BCUT2D eigenvalue weighted by molar-refractivity contribution is 9.10. The highest BCUT2D eigenvalue weighted by Gasteiger charge is 2.18. The average Bonchev–Trinajstić information content (AvgIpc) is 2.37. The van der Waals surface area contributed by atoms with Crippen LogP contribution in [0, 0.1) is 17.1 Å². The van der Waals surface area contributed by atoms with E-state index in [-0.39, 0.29) is 35.4 Å². The van der Waals surface area contributed by atoms with Crippen LogP contribution in [0.1, 0.15) is 5.56 Å². The number of carbonyl (C=O) groups is 1. The van der Waals surface area contributed by atoms with E-state index in [1.165, 1.54) is 24.1 Å². The third-order valence-electron chi connectivity index (χ3n) is 2.41. The van der Waals surface area contributed by atoms with Gasteiger partial charge in [0.05, 0.1) is 22.3 Å². The number of carboxylic acid groups (broad SMARTS) is 1. The Labute approximate surface area is 118 Å². The highest BCUT2D eigenvalue weighted by atomic mass is 79.9. The van der Waals surface area contributed by atoms with E-state index in [9.17, 15) is 9.18 Å². The Morgan fingerprint density at radius 1 is 1.63 bits per heavy atom. The Hall–Kier alpha value is -1.65. The normalized spacial score (nSPS) is 10.0. The first-order chi connectivity index (χ1) is 9.01. The topological polar surface area (TPSA) is 73.6 Å². The van der Waals surface area contributed by atoms with Crippen molar-refractivity contribution >= 4 is 27.6 Å². The maximum absolute atomic E-state index is 14.1. The molecule has 0 amide bonds. The van der Waals surface area contributed by atoms with E-state index in [2.05, 4.69) is 15.9 Å². The van der Waals surface area contributed by atoms with Gasteiger partial charge in [-0.3, -0.25) is 4.79 Å². The van der Waals surface area contributed by atoms with E-state index >= 15 is 0 Å². The van der Waals surface area contributed by atoms with E-state index in [1.807, 2.05) is 6.07 Å². The predicted octanol–water partition coefficient (Wildman–Crippen LogP) is 2.00. The Kier molecular flexibility index (Phi) is 5.73. The van der Waals surface area contributed by atoms with E-state index in [0.29, 0.717) is 0 Å². The zero-order valence-corrected chi connectivity index (χ0v) is 11.8. The van der Waals surface area contributed by atoms with Gasteiger partial charge in [-0.15, -0.1) is 0 Å². The molecule has 0 heterocycles. The first kappa shape index (κ1) is 15.4. The zero-order chi connectivity index (χ0) is 14.4. The number of hydrogen-bond acceptors (Lipinski definition) is 4. The molecule has 1 aromatic carbocycles. The minimum absolute atomic E-state index is 0.0281. The molecule has 0 radical (unpaired) electrons. The number of benzene rings is 1. The minimum Gasteiger partial charge on any atom is -0.480 e. The number of halogens is 2. The number of ether oxygens (including phenoxy) is 1. The summed E-state index contributed by atoms with van der Waals surface area (Å²) in [6, 6.07) is 4.66. The fraction of sp³-hybridized carbons (Fsp3) is 0.333. The number of methoxy groups -OCH3 is 1. The van der Waals surface area contributed by atoms with Gasteiger partial charge >= 0.3 is 5.97 Å². The quantitative estimate of drug-likeness (QED) is 0.863. The maximum atomic E-state index is 14.1. The summed E-state index contributed by atoms with van der Waals surface area (Å²) in [6.45, 7) is 0.154. The molecule has 0 aliphatic rings. The molecule has 19 heavy (non-hydrogen) atoms. The van der Waals surface area contributed by atoms with Crippen molar-refractivity contribution in [3.8, 4) is 6.07 Å². The van der Waals surface area contributed by atoms with Crippen LogP contribution in [0.3, 0.4) is 0 Å². The van der Waals surface area contributed by atoms with Crippen LogP contribution in [0.5, 0.6) is 0 Å². The number of carboxylic acids is 1. The van der Waals surface area contributed by atoms with E-state index in [0.717, 1.165) is 0 Å². The van der Waals surface area contributed by atoms with Gasteiger partial charge < -0.3 is 14.7 Å². The molecule has 0 aliphatic carbocycles. The Bertz CT molecular complexity index is 516. The smallest absolute Gasteiger partial charge is 0.323 e. The molecule has 0 aromatic heterocycles. The average molecular weight is 331 g/mol. The number of rotatable bonds is 6. The molecule has 0 spiro atoms. The number of nitrogens with zero attached hydrogens (tertiary/aromatic N) is 2. The van der Waals surface area contributed by atoms with Crippen LogP contribution >= 0.6 is 15.9 Å². The Morgan fingerprint density at radius 3 is 2.84 bits per heavy atom. The molecule has 1 N–H and O–H groups in total. The van der Waals surface area contributed by atoms with Gasteiger partial charge in [-0.1, -0.05) is 0 Å². The first-order valence-corrected chi connectivity index (χ1v) is 6.14. The molecule has 0 saturated heterocycles. The molecule has 5 nitrogen and oxygen atoms in total. The van der Waals surface area contributed by atoms with Gasteiger partial charge in [-0.2, -0.15) is 5.26 Å². The van der Waals surface area contributed by atoms with Gasteiger partial charge in [0.2, 0.25) is 0 Å². The lowest BCUT2D eigenvalue weighted by Gasteiger charge is -2.23. The molecule has 0 bridgehead atoms. The first-order valence-electron chi connectivity index (χ1n) is 5.35. The molecule has 0 aliphatic heterocycles. The van der Waals surface area contributed by atoms with Gasteiger partial charge in [-0.25, -0.2) is 4.39 Å². The van der Waals surface area contributed by atoms with Gasteiger partial charge in [0.25, 0.3) is 0 Å². The van der Waals surface area contributed by atoms with Crippen LogP contribution in [-0.4, -0.2) is 37.9 Å². The Morgan fingerprint density at radius 2 is 2.32 bits per heavy atom. The summed E-state index contributed by atoms with van der Waals surface area (Å²) in [4.78, 5) is 12.1. The lowest BCUT2D eigenvalue weighted by molar-refractivity contribution is -0.135. The second-order valence-corrected chi connectivity index (χ2v) is 4.47. The van der Waals surface area contributed by atoms with Crippen molar-refractivity contribution in [2.24, 2.45) is 0 Å².